The fourth-order valence-electron chi connectivity index (χ4n) is 4.24. The van der Waals surface area contributed by atoms with Gasteiger partial charge in [-0.25, -0.2) is 4.79 Å². The van der Waals surface area contributed by atoms with Gasteiger partial charge in [0.1, 0.15) is 12.0 Å². The molecule has 0 spiro atoms. The van der Waals surface area contributed by atoms with E-state index in [1.54, 1.807) is 0 Å². The largest absolute Gasteiger partial charge is 0.467 e. The van der Waals surface area contributed by atoms with Crippen molar-refractivity contribution in [3.05, 3.63) is 71.5 Å². The summed E-state index contributed by atoms with van der Waals surface area (Å²) in [6.07, 6.45) is 2.26. The first kappa shape index (κ1) is 16.6. The van der Waals surface area contributed by atoms with Gasteiger partial charge in [-0.1, -0.05) is 36.4 Å². The van der Waals surface area contributed by atoms with Crippen molar-refractivity contribution in [3.63, 3.8) is 0 Å². The standard InChI is InChI=1S/C22H19N3O3/c1-28-22(27)18-10-14-12-6-3-5-9-17(12)24-20(14)19(21(26)25-18)15-11-23-16-8-4-2-7-13(15)16/h2-9,11,18-19,23-24H,10H2,1H3,(H,25,26). The second-order valence-electron chi connectivity index (χ2n) is 7.07. The molecular weight excluding hydrogens is 354 g/mol. The maximum Gasteiger partial charge on any atom is 0.328 e. The highest BCUT2D eigenvalue weighted by Crippen LogP contribution is 2.37. The molecule has 5 rings (SSSR count). The van der Waals surface area contributed by atoms with Crippen molar-refractivity contribution in [2.75, 3.05) is 7.11 Å². The number of H-pyrrole nitrogens is 2. The van der Waals surface area contributed by atoms with Crippen LogP contribution in [-0.2, 0) is 20.7 Å². The minimum atomic E-state index is -0.717. The quantitative estimate of drug-likeness (QED) is 0.472. The van der Waals surface area contributed by atoms with Gasteiger partial charge in [0.2, 0.25) is 5.91 Å². The topological polar surface area (TPSA) is 87.0 Å². The number of carbonyl (C=O) groups is 2. The average molecular weight is 373 g/mol. The van der Waals surface area contributed by atoms with Crippen molar-refractivity contribution in [2.45, 2.75) is 18.4 Å². The molecule has 1 amide bonds. The first-order valence-corrected chi connectivity index (χ1v) is 9.21. The summed E-state index contributed by atoms with van der Waals surface area (Å²) in [4.78, 5) is 32.2. The lowest BCUT2D eigenvalue weighted by atomic mass is 9.91. The van der Waals surface area contributed by atoms with Crippen LogP contribution in [0.25, 0.3) is 21.8 Å². The van der Waals surface area contributed by atoms with E-state index in [4.69, 9.17) is 4.74 Å². The van der Waals surface area contributed by atoms with Crippen molar-refractivity contribution in [1.29, 1.82) is 0 Å². The van der Waals surface area contributed by atoms with Gasteiger partial charge in [-0.2, -0.15) is 0 Å². The number of benzene rings is 2. The molecule has 2 atom stereocenters. The summed E-state index contributed by atoms with van der Waals surface area (Å²) in [5.41, 5.74) is 4.60. The summed E-state index contributed by atoms with van der Waals surface area (Å²) in [7, 11) is 1.34. The Morgan fingerprint density at radius 1 is 1.04 bits per heavy atom. The van der Waals surface area contributed by atoms with Crippen molar-refractivity contribution in [3.8, 4) is 0 Å². The van der Waals surface area contributed by atoms with E-state index in [1.165, 1.54) is 7.11 Å². The molecule has 0 fully saturated rings. The van der Waals surface area contributed by atoms with Crippen molar-refractivity contribution in [2.24, 2.45) is 0 Å². The van der Waals surface area contributed by atoms with Gasteiger partial charge in [0.15, 0.2) is 0 Å². The van der Waals surface area contributed by atoms with E-state index in [9.17, 15) is 9.59 Å². The number of fused-ring (bicyclic) bond motifs is 4. The molecule has 0 saturated carbocycles. The van der Waals surface area contributed by atoms with Crippen molar-refractivity contribution < 1.29 is 14.3 Å². The van der Waals surface area contributed by atoms with E-state index in [-0.39, 0.29) is 5.91 Å². The highest BCUT2D eigenvalue weighted by molar-refractivity contribution is 5.99. The molecule has 6 heteroatoms. The Balaban J connectivity index is 1.76. The summed E-state index contributed by atoms with van der Waals surface area (Å²) in [5, 5.41) is 4.89. The summed E-state index contributed by atoms with van der Waals surface area (Å²) in [6, 6.07) is 15.1. The zero-order valence-corrected chi connectivity index (χ0v) is 15.3. The van der Waals surface area contributed by atoms with Gasteiger partial charge >= 0.3 is 5.97 Å². The number of aromatic amines is 2. The molecule has 0 saturated heterocycles. The van der Waals surface area contributed by atoms with E-state index < -0.39 is 17.9 Å². The molecule has 1 aliphatic rings. The van der Waals surface area contributed by atoms with E-state index >= 15 is 0 Å². The number of aromatic nitrogens is 2. The number of amides is 1. The van der Waals surface area contributed by atoms with Crippen molar-refractivity contribution in [1.82, 2.24) is 15.3 Å². The molecule has 1 aliphatic heterocycles. The number of hydrogen-bond acceptors (Lipinski definition) is 3. The summed E-state index contributed by atoms with van der Waals surface area (Å²) in [6.45, 7) is 0. The number of carbonyl (C=O) groups excluding carboxylic acids is 2. The highest BCUT2D eigenvalue weighted by atomic mass is 16.5. The molecule has 2 aromatic heterocycles. The van der Waals surface area contributed by atoms with Crippen LogP contribution in [0.15, 0.2) is 54.7 Å². The van der Waals surface area contributed by atoms with Gasteiger partial charge in [0.25, 0.3) is 0 Å². The number of rotatable bonds is 2. The van der Waals surface area contributed by atoms with Gasteiger partial charge in [0.05, 0.1) is 7.11 Å². The Kier molecular flexibility index (Phi) is 3.72. The monoisotopic (exact) mass is 373 g/mol. The summed E-state index contributed by atoms with van der Waals surface area (Å²) >= 11 is 0. The fraction of sp³-hybridized carbons (Fsp3) is 0.182. The van der Waals surface area contributed by atoms with Crippen LogP contribution in [-0.4, -0.2) is 35.0 Å². The van der Waals surface area contributed by atoms with Crippen LogP contribution < -0.4 is 5.32 Å². The Bertz CT molecular complexity index is 1220. The molecular formula is C22H19N3O3. The van der Waals surface area contributed by atoms with Gasteiger partial charge in [-0.05, 0) is 23.3 Å². The van der Waals surface area contributed by atoms with E-state index in [0.29, 0.717) is 6.42 Å². The number of nitrogens with one attached hydrogen (secondary N) is 3. The molecule has 6 nitrogen and oxygen atoms in total. The highest BCUT2D eigenvalue weighted by Gasteiger charge is 2.37. The van der Waals surface area contributed by atoms with Gasteiger partial charge in [-0.3, -0.25) is 4.79 Å². The number of methoxy groups -OCH3 is 1. The summed E-state index contributed by atoms with van der Waals surface area (Å²) in [5.74, 6) is -1.21. The lowest BCUT2D eigenvalue weighted by molar-refractivity contribution is -0.144. The third-order valence-corrected chi connectivity index (χ3v) is 5.54. The predicted molar refractivity (Wildman–Crippen MR) is 106 cm³/mol. The maximum absolute atomic E-state index is 13.3. The van der Waals surface area contributed by atoms with E-state index in [0.717, 1.165) is 38.6 Å². The third kappa shape index (κ3) is 2.41. The van der Waals surface area contributed by atoms with Gasteiger partial charge in [-0.15, -0.1) is 0 Å². The number of ether oxygens (including phenoxy) is 1. The molecule has 3 heterocycles. The molecule has 28 heavy (non-hydrogen) atoms. The first-order valence-electron chi connectivity index (χ1n) is 9.21. The smallest absolute Gasteiger partial charge is 0.328 e. The average Bonchev–Trinajstić information content (AvgIpc) is 3.26. The molecule has 0 bridgehead atoms. The second-order valence-corrected chi connectivity index (χ2v) is 7.07. The molecule has 4 aromatic rings. The molecule has 0 aliphatic carbocycles. The number of hydrogen-bond donors (Lipinski definition) is 3. The van der Waals surface area contributed by atoms with Crippen LogP contribution in [0.3, 0.4) is 0 Å². The van der Waals surface area contributed by atoms with Gasteiger partial charge in [0, 0.05) is 40.1 Å². The molecule has 0 radical (unpaired) electrons. The molecule has 140 valence electrons. The Hall–Kier alpha value is -3.54. The zero-order valence-electron chi connectivity index (χ0n) is 15.3. The van der Waals surface area contributed by atoms with Crippen LogP contribution in [0.5, 0.6) is 0 Å². The Morgan fingerprint density at radius 2 is 1.75 bits per heavy atom. The van der Waals surface area contributed by atoms with Crippen LogP contribution in [0.4, 0.5) is 0 Å². The predicted octanol–water partition coefficient (Wildman–Crippen LogP) is 3.00. The van der Waals surface area contributed by atoms with Crippen LogP contribution in [0.2, 0.25) is 0 Å². The second kappa shape index (κ2) is 6.27. The van der Waals surface area contributed by atoms with Crippen LogP contribution in [0, 0.1) is 0 Å². The van der Waals surface area contributed by atoms with Gasteiger partial charge < -0.3 is 20.0 Å². The Labute approximate surface area is 160 Å². The van der Waals surface area contributed by atoms with Crippen LogP contribution >= 0.6 is 0 Å². The zero-order chi connectivity index (χ0) is 19.3. The number of para-hydroxylation sites is 2. The van der Waals surface area contributed by atoms with E-state index in [2.05, 4.69) is 15.3 Å². The number of esters is 1. The maximum atomic E-state index is 13.3. The lowest BCUT2D eigenvalue weighted by Gasteiger charge is -2.16. The van der Waals surface area contributed by atoms with E-state index in [1.807, 2.05) is 54.7 Å². The SMILES string of the molecule is COC(=O)C1Cc2c([nH]c3ccccc23)C(c2c[nH]c3ccccc23)C(=O)N1. The summed E-state index contributed by atoms with van der Waals surface area (Å²) < 4.78 is 4.92. The minimum Gasteiger partial charge on any atom is -0.467 e. The normalized spacial score (nSPS) is 19.2. The third-order valence-electron chi connectivity index (χ3n) is 5.54. The van der Waals surface area contributed by atoms with Crippen molar-refractivity contribution >= 4 is 33.7 Å². The van der Waals surface area contributed by atoms with Crippen LogP contribution in [0.1, 0.15) is 22.7 Å². The molecule has 2 aromatic carbocycles. The molecule has 2 unspecified atom stereocenters. The first-order chi connectivity index (χ1) is 13.7. The fourth-order valence-corrected chi connectivity index (χ4v) is 4.24. The lowest BCUT2D eigenvalue weighted by Crippen LogP contribution is -2.43. The molecule has 3 N–H and O–H groups in total. The Morgan fingerprint density at radius 3 is 2.54 bits per heavy atom. The minimum absolute atomic E-state index is 0.217.